The van der Waals surface area contributed by atoms with Crippen molar-refractivity contribution in [2.45, 2.75) is 223 Å². The third-order valence-electron chi connectivity index (χ3n) is 30.8. The zero-order chi connectivity index (χ0) is 87.4. The Hall–Kier alpha value is -11.6. The zero-order valence-corrected chi connectivity index (χ0v) is 78.2. The van der Waals surface area contributed by atoms with Gasteiger partial charge in [0.2, 0.25) is 0 Å². The van der Waals surface area contributed by atoms with E-state index >= 15 is 0 Å². The highest BCUT2D eigenvalue weighted by Gasteiger charge is 2.56. The molecule has 5 aliphatic rings. The van der Waals surface area contributed by atoms with Crippen molar-refractivity contribution in [3.05, 3.63) is 297 Å². The molecule has 21 rings (SSSR count). The molecule has 13 heterocycles. The lowest BCUT2D eigenvalue weighted by Gasteiger charge is -2.43. The fourth-order valence-electron chi connectivity index (χ4n) is 21.2. The van der Waals surface area contributed by atoms with Crippen LogP contribution in [0.15, 0.2) is 213 Å². The van der Waals surface area contributed by atoms with E-state index in [1.165, 1.54) is 189 Å². The molecule has 0 spiro atoms. The molecule has 0 amide bonds. The van der Waals surface area contributed by atoms with Crippen molar-refractivity contribution >= 4 is 93.6 Å². The highest BCUT2D eigenvalue weighted by molar-refractivity contribution is 6.17. The van der Waals surface area contributed by atoms with E-state index in [2.05, 4.69) is 456 Å². The van der Waals surface area contributed by atoms with E-state index in [0.29, 0.717) is 12.3 Å². The first kappa shape index (κ1) is 82.7. The topological polar surface area (TPSA) is 63.6 Å². The summed E-state index contributed by atoms with van der Waals surface area (Å²) in [6.07, 6.45) is 15.6. The molecule has 2 atom stereocenters. The number of rotatable bonds is 4. The fourth-order valence-corrected chi connectivity index (χ4v) is 21.2. The quantitative estimate of drug-likeness (QED) is 0.129. The van der Waals surface area contributed by atoms with Gasteiger partial charge in [0.05, 0.1) is 59.1 Å². The standard InChI is InChI=1S/C30H31N2.C29H30N3.C23H26N3.C16H24N2.C12H16N2/c1-18-12-11-15-21-23-19(2)16-17-22-26(23)32-27(30(5,6)29(22,3)4)25(20-13-9-8-10-14-20)31(7)28(32)24(18)21;1-17-13-14-20-25-21(17)23-22(18(2)15-16-30-23)27-31(7)24(19-11-9-8-10-12-19)26(32(25)27)29(5,6)28(20,3)4;1-13-8-9-15-20-17(13)19-18(14(2)10-11-24-19)21-25(7)12-16(26(20)21)23(5,6)22(15,3)4;1-12-7-8-14(16(3,4)5)11-15(12)18-10-9-17(6)13(18)2;1-10-6-4-5-7-12(10)14-9-8-13(3)11(14)2/h8-17H,1-7H3;8-16H,1-7H3;8-12H,1-7H3;7-11,13H,1-6H3;4-9,11H,1-3H3/q3*+1;;/t;;;13-;11-/m...00/s1. The number of nitrogens with zero attached hydrogens (tertiary/aromatic N) is 12. The number of aromatic nitrogens is 8. The van der Waals surface area contributed by atoms with Crippen LogP contribution < -0.4 is 23.5 Å². The van der Waals surface area contributed by atoms with Gasteiger partial charge in [-0.15, -0.1) is 0 Å². The summed E-state index contributed by atoms with van der Waals surface area (Å²) in [6, 6.07) is 62.1. The number of fused-ring (bicyclic) bond motifs is 9. The highest BCUT2D eigenvalue weighted by atomic mass is 15.4. The second kappa shape index (κ2) is 28.7. The molecule has 12 nitrogen and oxygen atoms in total. The van der Waals surface area contributed by atoms with Crippen LogP contribution >= 0.6 is 0 Å². The van der Waals surface area contributed by atoms with Gasteiger partial charge in [0.25, 0.3) is 16.9 Å². The molecule has 8 aromatic carbocycles. The van der Waals surface area contributed by atoms with Crippen molar-refractivity contribution in [2.24, 2.45) is 21.1 Å². The van der Waals surface area contributed by atoms with Crippen molar-refractivity contribution < 1.29 is 13.7 Å². The first-order chi connectivity index (χ1) is 57.5. The minimum atomic E-state index is -0.0820. The number of pyridine rings is 5. The van der Waals surface area contributed by atoms with Gasteiger partial charge in [0.15, 0.2) is 28.5 Å². The average molecular weight is 1620 g/mol. The van der Waals surface area contributed by atoms with Crippen LogP contribution in [0, 0.1) is 55.4 Å². The summed E-state index contributed by atoms with van der Waals surface area (Å²) in [5.41, 5.74) is 38.2. The van der Waals surface area contributed by atoms with Crippen molar-refractivity contribution in [3.63, 3.8) is 0 Å². The van der Waals surface area contributed by atoms with Gasteiger partial charge in [-0.1, -0.05) is 249 Å². The van der Waals surface area contributed by atoms with Crippen molar-refractivity contribution in [1.29, 1.82) is 0 Å². The fraction of sp³-hybridized carbons (Fsp3) is 0.355. The van der Waals surface area contributed by atoms with Gasteiger partial charge in [-0.3, -0.25) is 9.97 Å². The number of anilines is 2. The maximum Gasteiger partial charge on any atom is 0.297 e. The summed E-state index contributed by atoms with van der Waals surface area (Å²) >= 11 is 0. The SMILES string of the molecule is Cc1ccc(C(C)(C)C)cc1N1C=CN(C)[C@@H]1C.Cc1ccc2c3c1c1cccc(C)c1c1n3c(c(-c3ccccc3)[n+]1C)C(C)(C)C2(C)C.Cc1ccc2c3c1c1nccc(C)c1c1n3c(c(-c3ccccc3)[n+]1C)C(C)(C)C2(C)C.Cc1ccc2c3c1c1nccc(C)c1c1n3c(c[n+]1C)C(C)(C)C2(C)C.Cc1ccccc1N1C=CN(C)[C@@H]1C. The highest BCUT2D eigenvalue weighted by Crippen LogP contribution is 2.57. The normalized spacial score (nSPS) is 17.7. The molecule has 122 heavy (non-hydrogen) atoms. The lowest BCUT2D eigenvalue weighted by atomic mass is 9.60. The molecule has 0 radical (unpaired) electrons. The Labute approximate surface area is 723 Å². The van der Waals surface area contributed by atoms with Gasteiger partial charge in [0, 0.05) is 134 Å². The first-order valence-electron chi connectivity index (χ1n) is 44.1. The second-order valence-corrected chi connectivity index (χ2v) is 40.3. The largest absolute Gasteiger partial charge is 0.359 e. The molecule has 0 aliphatic carbocycles. The zero-order valence-electron chi connectivity index (χ0n) is 78.2. The van der Waals surface area contributed by atoms with Crippen LogP contribution in [-0.2, 0) is 59.0 Å². The minimum Gasteiger partial charge on any atom is -0.359 e. The van der Waals surface area contributed by atoms with Crippen LogP contribution in [0.4, 0.5) is 11.4 Å². The van der Waals surface area contributed by atoms with Crippen LogP contribution in [0.2, 0.25) is 0 Å². The molecule has 16 aromatic rings. The van der Waals surface area contributed by atoms with E-state index in [1.807, 2.05) is 12.4 Å². The van der Waals surface area contributed by atoms with Gasteiger partial charge in [-0.2, -0.15) is 13.2 Å². The van der Waals surface area contributed by atoms with Crippen LogP contribution in [0.5, 0.6) is 0 Å². The van der Waals surface area contributed by atoms with E-state index in [0.717, 1.165) is 11.0 Å². The first-order valence-corrected chi connectivity index (χ1v) is 44.1. The monoisotopic (exact) mass is 1620 g/mol. The van der Waals surface area contributed by atoms with Gasteiger partial charge in [-0.05, 0) is 149 Å². The lowest BCUT2D eigenvalue weighted by molar-refractivity contribution is -0.643. The maximum atomic E-state index is 4.96. The number of hydrogen-bond donors (Lipinski definition) is 0. The number of imidazole rings is 3. The van der Waals surface area contributed by atoms with Gasteiger partial charge >= 0.3 is 0 Å². The van der Waals surface area contributed by atoms with E-state index < -0.39 is 0 Å². The van der Waals surface area contributed by atoms with Crippen molar-refractivity contribution in [2.75, 3.05) is 23.9 Å². The predicted molar refractivity (Wildman–Crippen MR) is 513 cm³/mol. The Morgan fingerprint density at radius 3 is 1.20 bits per heavy atom. The number of aryl methyl sites for hydroxylation is 11. The lowest BCUT2D eigenvalue weighted by Crippen LogP contribution is -2.44. The van der Waals surface area contributed by atoms with E-state index in [-0.39, 0.29) is 37.9 Å². The molecule has 624 valence electrons. The van der Waals surface area contributed by atoms with Gasteiger partial charge in [0.1, 0.15) is 35.1 Å². The minimum absolute atomic E-state index is 0.0196. The Kier molecular flexibility index (Phi) is 19.5. The Balaban J connectivity index is 0.000000112. The third kappa shape index (κ3) is 11.9. The van der Waals surface area contributed by atoms with Gasteiger partial charge < -0.3 is 19.6 Å². The smallest absolute Gasteiger partial charge is 0.297 e. The summed E-state index contributed by atoms with van der Waals surface area (Å²) in [7, 11) is 10.9. The Morgan fingerprint density at radius 1 is 0.352 bits per heavy atom. The van der Waals surface area contributed by atoms with E-state index in [9.17, 15) is 0 Å². The van der Waals surface area contributed by atoms with Crippen LogP contribution in [0.1, 0.15) is 202 Å². The predicted octanol–water partition coefficient (Wildman–Crippen LogP) is 24.3. The summed E-state index contributed by atoms with van der Waals surface area (Å²) in [5.74, 6) is 0. The third-order valence-corrected chi connectivity index (χ3v) is 30.8. The van der Waals surface area contributed by atoms with E-state index in [4.69, 9.17) is 9.97 Å². The summed E-state index contributed by atoms with van der Waals surface area (Å²) in [5, 5.41) is 9.23. The number of benzene rings is 8. The molecule has 0 saturated carbocycles. The van der Waals surface area contributed by atoms with Crippen molar-refractivity contribution in [3.8, 4) is 22.5 Å². The van der Waals surface area contributed by atoms with Gasteiger partial charge in [-0.25, -0.2) is 13.7 Å². The molecule has 5 aliphatic heterocycles. The molecule has 12 heteroatoms. The molecular weight excluding hydrogens is 1490 g/mol. The maximum absolute atomic E-state index is 4.96. The Bertz CT molecular complexity index is 6840. The van der Waals surface area contributed by atoms with Crippen LogP contribution in [-0.4, -0.2) is 59.4 Å². The van der Waals surface area contributed by atoms with Crippen LogP contribution in [0.25, 0.3) is 105 Å². The molecule has 0 saturated heterocycles. The summed E-state index contributed by atoms with van der Waals surface area (Å²) in [4.78, 5) is 18.9. The molecule has 0 bridgehead atoms. The molecule has 0 unspecified atom stereocenters. The summed E-state index contributed by atoms with van der Waals surface area (Å²) < 4.78 is 14.9. The second-order valence-electron chi connectivity index (χ2n) is 40.3. The molecular formula is C110H127N12+3. The average Bonchev–Trinajstić information content (AvgIpc) is 1.47. The number of para-hydroxylation sites is 1. The van der Waals surface area contributed by atoms with E-state index in [1.54, 1.807) is 0 Å². The van der Waals surface area contributed by atoms with Crippen LogP contribution in [0.3, 0.4) is 0 Å². The Morgan fingerprint density at radius 2 is 0.738 bits per heavy atom. The summed E-state index contributed by atoms with van der Waals surface area (Å²) in [6.45, 7) is 57.8. The molecule has 8 aromatic heterocycles. The van der Waals surface area contributed by atoms with Crippen molar-refractivity contribution in [1.82, 2.24) is 33.0 Å². The molecule has 0 N–H and O–H groups in total. The molecule has 0 fully saturated rings. The number of hydrogen-bond acceptors (Lipinski definition) is 6.